The van der Waals surface area contributed by atoms with Crippen molar-refractivity contribution in [2.75, 3.05) is 19.0 Å². The Kier molecular flexibility index (Phi) is 5.32. The molecule has 1 N–H and O–H groups in total. The van der Waals surface area contributed by atoms with Crippen LogP contribution in [0.15, 0.2) is 6.20 Å². The van der Waals surface area contributed by atoms with Gasteiger partial charge in [-0.2, -0.15) is 0 Å². The first-order valence-corrected chi connectivity index (χ1v) is 5.96. The molecule has 1 heterocycles. The Morgan fingerprint density at radius 1 is 1.56 bits per heavy atom. The maximum Gasteiger partial charge on any atom is 0.203 e. The van der Waals surface area contributed by atoms with Crippen molar-refractivity contribution < 1.29 is 4.74 Å². The van der Waals surface area contributed by atoms with Crippen molar-refractivity contribution in [3.63, 3.8) is 0 Å². The molecule has 0 aromatic carbocycles. The van der Waals surface area contributed by atoms with Gasteiger partial charge in [0.15, 0.2) is 0 Å². The summed E-state index contributed by atoms with van der Waals surface area (Å²) in [5.41, 5.74) is 1.06. The van der Waals surface area contributed by atoms with Crippen LogP contribution in [0, 0.1) is 6.92 Å². The average molecular weight is 225 g/mol. The van der Waals surface area contributed by atoms with Crippen molar-refractivity contribution in [2.45, 2.75) is 46.2 Å². The fraction of sp³-hybridized carbons (Fsp3) is 0.750. The largest absolute Gasteiger partial charge is 0.383 e. The van der Waals surface area contributed by atoms with Gasteiger partial charge < -0.3 is 14.6 Å². The number of nitrogens with one attached hydrogen (secondary N) is 1. The van der Waals surface area contributed by atoms with Gasteiger partial charge >= 0.3 is 0 Å². The molecule has 1 aromatic rings. The standard InChI is InChI=1S/C12H23N3O/c1-5-6-7-15-8-10(2)13-12(15)14-11(3)9-16-4/h8,11H,5-7,9H2,1-4H3,(H,13,14). The molecule has 4 nitrogen and oxygen atoms in total. The molecule has 16 heavy (non-hydrogen) atoms. The molecular weight excluding hydrogens is 202 g/mol. The third-order valence-corrected chi connectivity index (χ3v) is 2.44. The van der Waals surface area contributed by atoms with E-state index in [1.54, 1.807) is 7.11 Å². The van der Waals surface area contributed by atoms with Crippen LogP contribution in [0.25, 0.3) is 0 Å². The molecule has 0 fully saturated rings. The van der Waals surface area contributed by atoms with Crippen LogP contribution in [-0.4, -0.2) is 29.3 Å². The molecule has 4 heteroatoms. The van der Waals surface area contributed by atoms with Crippen molar-refractivity contribution in [3.8, 4) is 0 Å². The van der Waals surface area contributed by atoms with Gasteiger partial charge in [-0.3, -0.25) is 0 Å². The number of imidazole rings is 1. The van der Waals surface area contributed by atoms with Gasteiger partial charge in [0.2, 0.25) is 5.95 Å². The fourth-order valence-electron chi connectivity index (χ4n) is 1.67. The molecule has 0 spiro atoms. The molecule has 0 saturated heterocycles. The maximum atomic E-state index is 5.10. The minimum atomic E-state index is 0.284. The first-order chi connectivity index (χ1) is 7.67. The van der Waals surface area contributed by atoms with Gasteiger partial charge in [0, 0.05) is 25.9 Å². The Morgan fingerprint density at radius 3 is 2.94 bits per heavy atom. The van der Waals surface area contributed by atoms with E-state index in [9.17, 15) is 0 Å². The minimum absolute atomic E-state index is 0.284. The lowest BCUT2D eigenvalue weighted by molar-refractivity contribution is 0.190. The number of hydrogen-bond donors (Lipinski definition) is 1. The van der Waals surface area contributed by atoms with E-state index >= 15 is 0 Å². The zero-order valence-electron chi connectivity index (χ0n) is 10.8. The number of hydrogen-bond acceptors (Lipinski definition) is 3. The van der Waals surface area contributed by atoms with Gasteiger partial charge in [0.25, 0.3) is 0 Å². The number of nitrogens with zero attached hydrogens (tertiary/aromatic N) is 2. The molecule has 1 aromatic heterocycles. The zero-order chi connectivity index (χ0) is 12.0. The van der Waals surface area contributed by atoms with E-state index in [1.807, 2.05) is 6.92 Å². The van der Waals surface area contributed by atoms with Crippen LogP contribution in [0.4, 0.5) is 5.95 Å². The van der Waals surface area contributed by atoms with Gasteiger partial charge in [-0.05, 0) is 20.3 Å². The van der Waals surface area contributed by atoms with Crippen molar-refractivity contribution in [1.29, 1.82) is 0 Å². The van der Waals surface area contributed by atoms with Gasteiger partial charge in [0.05, 0.1) is 12.3 Å². The molecule has 0 radical (unpaired) electrons. The highest BCUT2D eigenvalue weighted by molar-refractivity contribution is 5.29. The second-order valence-corrected chi connectivity index (χ2v) is 4.25. The van der Waals surface area contributed by atoms with E-state index in [0.29, 0.717) is 6.61 Å². The van der Waals surface area contributed by atoms with Crippen molar-refractivity contribution >= 4 is 5.95 Å². The molecular formula is C12H23N3O. The number of rotatable bonds is 7. The molecule has 0 saturated carbocycles. The average Bonchev–Trinajstić information content (AvgIpc) is 2.56. The molecule has 0 bridgehead atoms. The summed E-state index contributed by atoms with van der Waals surface area (Å²) in [4.78, 5) is 4.48. The highest BCUT2D eigenvalue weighted by Crippen LogP contribution is 2.11. The molecule has 1 rings (SSSR count). The molecule has 92 valence electrons. The van der Waals surface area contributed by atoms with Gasteiger partial charge in [-0.1, -0.05) is 13.3 Å². The van der Waals surface area contributed by atoms with E-state index in [2.05, 4.69) is 34.9 Å². The SMILES string of the molecule is CCCCn1cc(C)nc1NC(C)COC. The second-order valence-electron chi connectivity index (χ2n) is 4.25. The molecule has 0 aliphatic rings. The monoisotopic (exact) mass is 225 g/mol. The van der Waals surface area contributed by atoms with Crippen molar-refractivity contribution in [1.82, 2.24) is 9.55 Å². The molecule has 1 unspecified atom stereocenters. The Balaban J connectivity index is 2.62. The van der Waals surface area contributed by atoms with E-state index in [-0.39, 0.29) is 6.04 Å². The summed E-state index contributed by atoms with van der Waals surface area (Å²) in [6.07, 6.45) is 4.48. The number of methoxy groups -OCH3 is 1. The lowest BCUT2D eigenvalue weighted by Gasteiger charge is -2.14. The smallest absolute Gasteiger partial charge is 0.203 e. The number of anilines is 1. The summed E-state index contributed by atoms with van der Waals surface area (Å²) in [5, 5.41) is 3.37. The third-order valence-electron chi connectivity index (χ3n) is 2.44. The number of aryl methyl sites for hydroxylation is 2. The van der Waals surface area contributed by atoms with E-state index in [0.717, 1.165) is 18.2 Å². The van der Waals surface area contributed by atoms with E-state index in [1.165, 1.54) is 12.8 Å². The zero-order valence-corrected chi connectivity index (χ0v) is 10.8. The van der Waals surface area contributed by atoms with Gasteiger partial charge in [-0.15, -0.1) is 0 Å². The summed E-state index contributed by atoms with van der Waals surface area (Å²) >= 11 is 0. The first kappa shape index (κ1) is 13.0. The highest BCUT2D eigenvalue weighted by Gasteiger charge is 2.08. The summed E-state index contributed by atoms with van der Waals surface area (Å²) < 4.78 is 7.29. The predicted molar refractivity (Wildman–Crippen MR) is 66.8 cm³/mol. The quantitative estimate of drug-likeness (QED) is 0.774. The first-order valence-electron chi connectivity index (χ1n) is 5.96. The predicted octanol–water partition coefficient (Wildman–Crippen LogP) is 2.44. The minimum Gasteiger partial charge on any atom is -0.383 e. The highest BCUT2D eigenvalue weighted by atomic mass is 16.5. The summed E-state index contributed by atoms with van der Waals surface area (Å²) in [5.74, 6) is 0.954. The summed E-state index contributed by atoms with van der Waals surface area (Å²) in [6, 6.07) is 0.284. The number of aromatic nitrogens is 2. The second kappa shape index (κ2) is 6.53. The van der Waals surface area contributed by atoms with Gasteiger partial charge in [-0.25, -0.2) is 4.98 Å². The number of ether oxygens (including phenoxy) is 1. The van der Waals surface area contributed by atoms with Crippen LogP contribution in [-0.2, 0) is 11.3 Å². The third kappa shape index (κ3) is 3.85. The van der Waals surface area contributed by atoms with Crippen LogP contribution >= 0.6 is 0 Å². The Morgan fingerprint density at radius 2 is 2.31 bits per heavy atom. The molecule has 1 atom stereocenters. The lowest BCUT2D eigenvalue weighted by atomic mass is 10.3. The Hall–Kier alpha value is -1.03. The summed E-state index contributed by atoms with van der Waals surface area (Å²) in [7, 11) is 1.72. The fourth-order valence-corrected chi connectivity index (χ4v) is 1.67. The topological polar surface area (TPSA) is 39.1 Å². The maximum absolute atomic E-state index is 5.10. The van der Waals surface area contributed by atoms with Crippen LogP contribution in [0.5, 0.6) is 0 Å². The Bertz CT molecular complexity index is 309. The van der Waals surface area contributed by atoms with Crippen LogP contribution < -0.4 is 5.32 Å². The van der Waals surface area contributed by atoms with E-state index < -0.39 is 0 Å². The van der Waals surface area contributed by atoms with Crippen molar-refractivity contribution in [3.05, 3.63) is 11.9 Å². The van der Waals surface area contributed by atoms with Crippen LogP contribution in [0.2, 0.25) is 0 Å². The Labute approximate surface area is 98.0 Å². The number of unbranched alkanes of at least 4 members (excludes halogenated alkanes) is 1. The molecule has 0 aliphatic carbocycles. The molecule has 0 amide bonds. The van der Waals surface area contributed by atoms with Crippen LogP contribution in [0.1, 0.15) is 32.4 Å². The van der Waals surface area contributed by atoms with Gasteiger partial charge in [0.1, 0.15) is 0 Å². The summed E-state index contributed by atoms with van der Waals surface area (Å²) in [6.45, 7) is 8.04. The van der Waals surface area contributed by atoms with Crippen molar-refractivity contribution in [2.24, 2.45) is 0 Å². The van der Waals surface area contributed by atoms with E-state index in [4.69, 9.17) is 4.74 Å². The lowest BCUT2D eigenvalue weighted by Crippen LogP contribution is -2.23. The molecule has 0 aliphatic heterocycles. The normalized spacial score (nSPS) is 12.8. The van der Waals surface area contributed by atoms with Crippen LogP contribution in [0.3, 0.4) is 0 Å².